The van der Waals surface area contributed by atoms with E-state index in [2.05, 4.69) is 18.8 Å². The zero-order valence-corrected chi connectivity index (χ0v) is 9.34. The topological polar surface area (TPSA) is 54.6 Å². The molecule has 4 nitrogen and oxygen atoms in total. The van der Waals surface area contributed by atoms with Crippen LogP contribution in [-0.2, 0) is 6.42 Å². The Morgan fingerprint density at radius 2 is 2.25 bits per heavy atom. The smallest absolute Gasteiger partial charge is 0.337 e. The van der Waals surface area contributed by atoms with Crippen LogP contribution in [0.4, 0.5) is 0 Å². The second-order valence-corrected chi connectivity index (χ2v) is 4.29. The van der Waals surface area contributed by atoms with E-state index in [1.165, 1.54) is 0 Å². The molecule has 2 aromatic heterocycles. The van der Waals surface area contributed by atoms with E-state index in [0.717, 1.165) is 17.8 Å². The molecular formula is C12H14N2O2. The van der Waals surface area contributed by atoms with Crippen molar-refractivity contribution in [3.8, 4) is 0 Å². The number of pyridine rings is 1. The second-order valence-electron chi connectivity index (χ2n) is 4.29. The molecule has 0 amide bonds. The first-order chi connectivity index (χ1) is 7.58. The molecule has 0 saturated carbocycles. The molecule has 1 N–H and O–H groups in total. The van der Waals surface area contributed by atoms with Crippen molar-refractivity contribution in [3.63, 3.8) is 0 Å². The number of hydrogen-bond donors (Lipinski definition) is 1. The average Bonchev–Trinajstić information content (AvgIpc) is 2.60. The lowest BCUT2D eigenvalue weighted by molar-refractivity contribution is 0.0696. The highest BCUT2D eigenvalue weighted by atomic mass is 16.4. The molecular weight excluding hydrogens is 204 g/mol. The van der Waals surface area contributed by atoms with E-state index in [4.69, 9.17) is 5.11 Å². The third-order valence-electron chi connectivity index (χ3n) is 2.44. The average molecular weight is 218 g/mol. The Bertz CT molecular complexity index is 529. The van der Waals surface area contributed by atoms with Gasteiger partial charge in [-0.05, 0) is 18.1 Å². The minimum absolute atomic E-state index is 0.288. The molecule has 0 bridgehead atoms. The number of nitrogens with zero attached hydrogens (tertiary/aromatic N) is 2. The number of rotatable bonds is 3. The number of hydrogen-bond acceptors (Lipinski definition) is 2. The minimum atomic E-state index is -0.911. The van der Waals surface area contributed by atoms with Crippen LogP contribution >= 0.6 is 0 Å². The molecule has 0 unspecified atom stereocenters. The van der Waals surface area contributed by atoms with E-state index in [9.17, 15) is 4.79 Å². The van der Waals surface area contributed by atoms with Crippen LogP contribution in [0.15, 0.2) is 24.5 Å². The fraction of sp³-hybridized carbons (Fsp3) is 0.333. The molecule has 0 spiro atoms. The number of carbonyl (C=O) groups is 1. The fourth-order valence-corrected chi connectivity index (χ4v) is 1.69. The Morgan fingerprint density at radius 3 is 2.88 bits per heavy atom. The molecule has 0 aliphatic rings. The largest absolute Gasteiger partial charge is 0.478 e. The second kappa shape index (κ2) is 3.96. The number of imidazole rings is 1. The van der Waals surface area contributed by atoms with Gasteiger partial charge in [-0.3, -0.25) is 0 Å². The summed E-state index contributed by atoms with van der Waals surface area (Å²) in [4.78, 5) is 15.2. The summed E-state index contributed by atoms with van der Waals surface area (Å²) >= 11 is 0. The number of fused-ring (bicyclic) bond motifs is 1. The molecule has 2 aromatic rings. The summed E-state index contributed by atoms with van der Waals surface area (Å²) in [6, 6.07) is 3.37. The summed E-state index contributed by atoms with van der Waals surface area (Å²) in [7, 11) is 0. The monoisotopic (exact) mass is 218 g/mol. The Hall–Kier alpha value is -1.84. The van der Waals surface area contributed by atoms with Gasteiger partial charge in [0.25, 0.3) is 0 Å². The van der Waals surface area contributed by atoms with Gasteiger partial charge in [0, 0.05) is 12.6 Å². The lowest BCUT2D eigenvalue weighted by Crippen LogP contribution is -2.03. The summed E-state index contributed by atoms with van der Waals surface area (Å²) in [5.41, 5.74) is 1.22. The summed E-state index contributed by atoms with van der Waals surface area (Å²) in [6.45, 7) is 4.23. The van der Waals surface area contributed by atoms with E-state index in [-0.39, 0.29) is 5.56 Å². The third-order valence-corrected chi connectivity index (χ3v) is 2.44. The molecule has 0 radical (unpaired) electrons. The molecule has 0 aromatic carbocycles. The first-order valence-corrected chi connectivity index (χ1v) is 5.27. The maximum Gasteiger partial charge on any atom is 0.337 e. The molecule has 0 aliphatic carbocycles. The van der Waals surface area contributed by atoms with Gasteiger partial charge < -0.3 is 9.51 Å². The highest BCUT2D eigenvalue weighted by molar-refractivity contribution is 5.87. The van der Waals surface area contributed by atoms with Crippen LogP contribution in [0.2, 0.25) is 0 Å². The first kappa shape index (κ1) is 10.7. The molecule has 84 valence electrons. The van der Waals surface area contributed by atoms with Crippen LogP contribution in [-0.4, -0.2) is 20.5 Å². The van der Waals surface area contributed by atoms with E-state index in [0.29, 0.717) is 5.92 Å². The number of aromatic nitrogens is 2. The summed E-state index contributed by atoms with van der Waals surface area (Å²) in [5.74, 6) is 0.498. The van der Waals surface area contributed by atoms with Gasteiger partial charge in [0.2, 0.25) is 0 Å². The van der Waals surface area contributed by atoms with Crippen molar-refractivity contribution in [1.29, 1.82) is 0 Å². The molecule has 0 saturated heterocycles. The molecule has 2 heterocycles. The van der Waals surface area contributed by atoms with Crippen LogP contribution in [0, 0.1) is 5.92 Å². The zero-order valence-electron chi connectivity index (χ0n) is 9.34. The molecule has 16 heavy (non-hydrogen) atoms. The lowest BCUT2D eigenvalue weighted by Gasteiger charge is -2.04. The van der Waals surface area contributed by atoms with Crippen LogP contribution in [0.25, 0.3) is 5.52 Å². The molecule has 0 fully saturated rings. The van der Waals surface area contributed by atoms with Crippen LogP contribution in [0.1, 0.15) is 30.0 Å². The van der Waals surface area contributed by atoms with Crippen molar-refractivity contribution in [2.45, 2.75) is 20.3 Å². The standard InChI is InChI=1S/C12H14N2O2/c1-8(2)5-11-13-6-10-4-3-9(12(15)16)7-14(10)11/h3-4,6-8H,5H2,1-2H3,(H,15,16). The highest BCUT2D eigenvalue weighted by Gasteiger charge is 2.08. The predicted octanol–water partition coefficient (Wildman–Crippen LogP) is 2.23. The molecule has 0 atom stereocenters. The van der Waals surface area contributed by atoms with Crippen LogP contribution in [0.3, 0.4) is 0 Å². The highest BCUT2D eigenvalue weighted by Crippen LogP contribution is 2.12. The van der Waals surface area contributed by atoms with Crippen LogP contribution < -0.4 is 0 Å². The van der Waals surface area contributed by atoms with Gasteiger partial charge in [0.1, 0.15) is 5.82 Å². The van der Waals surface area contributed by atoms with Crippen molar-refractivity contribution >= 4 is 11.5 Å². The quantitative estimate of drug-likeness (QED) is 0.859. The maximum absolute atomic E-state index is 10.9. The van der Waals surface area contributed by atoms with Crippen molar-refractivity contribution in [2.24, 2.45) is 5.92 Å². The Kier molecular flexibility index (Phi) is 2.64. The van der Waals surface area contributed by atoms with Crippen LogP contribution in [0.5, 0.6) is 0 Å². The van der Waals surface area contributed by atoms with Crippen molar-refractivity contribution < 1.29 is 9.90 Å². The van der Waals surface area contributed by atoms with E-state index >= 15 is 0 Å². The van der Waals surface area contributed by atoms with Gasteiger partial charge >= 0.3 is 5.97 Å². The molecule has 4 heteroatoms. The SMILES string of the molecule is CC(C)Cc1ncc2ccc(C(=O)O)cn12. The third kappa shape index (κ3) is 1.91. The summed E-state index contributed by atoms with van der Waals surface area (Å²) < 4.78 is 1.85. The van der Waals surface area contributed by atoms with Gasteiger partial charge in [0.05, 0.1) is 17.3 Å². The van der Waals surface area contributed by atoms with Gasteiger partial charge in [-0.2, -0.15) is 0 Å². The Labute approximate surface area is 93.5 Å². The van der Waals surface area contributed by atoms with Gasteiger partial charge in [-0.15, -0.1) is 0 Å². The van der Waals surface area contributed by atoms with E-state index in [1.54, 1.807) is 24.5 Å². The molecule has 0 aliphatic heterocycles. The maximum atomic E-state index is 10.9. The number of carboxylic acids is 1. The number of carboxylic acid groups (broad SMARTS) is 1. The van der Waals surface area contributed by atoms with Gasteiger partial charge in [0.15, 0.2) is 0 Å². The van der Waals surface area contributed by atoms with Gasteiger partial charge in [-0.25, -0.2) is 9.78 Å². The van der Waals surface area contributed by atoms with Crippen molar-refractivity contribution in [3.05, 3.63) is 35.9 Å². The summed E-state index contributed by atoms with van der Waals surface area (Å²) in [6.07, 6.45) is 4.24. The number of aromatic carboxylic acids is 1. The molecule has 2 rings (SSSR count). The lowest BCUT2D eigenvalue weighted by atomic mass is 10.1. The minimum Gasteiger partial charge on any atom is -0.478 e. The van der Waals surface area contributed by atoms with Crippen molar-refractivity contribution in [1.82, 2.24) is 9.38 Å². The predicted molar refractivity (Wildman–Crippen MR) is 60.7 cm³/mol. The Balaban J connectivity index is 2.51. The first-order valence-electron chi connectivity index (χ1n) is 5.27. The van der Waals surface area contributed by atoms with Crippen molar-refractivity contribution in [2.75, 3.05) is 0 Å². The van der Waals surface area contributed by atoms with Gasteiger partial charge in [-0.1, -0.05) is 13.8 Å². The Morgan fingerprint density at radius 1 is 1.50 bits per heavy atom. The fourth-order valence-electron chi connectivity index (χ4n) is 1.69. The zero-order chi connectivity index (χ0) is 11.7. The normalized spacial score (nSPS) is 11.2. The van der Waals surface area contributed by atoms with E-state index in [1.807, 2.05) is 4.40 Å². The van der Waals surface area contributed by atoms with E-state index < -0.39 is 5.97 Å². The summed E-state index contributed by atoms with van der Waals surface area (Å²) in [5, 5.41) is 8.92.